The lowest BCUT2D eigenvalue weighted by Gasteiger charge is -2.21. The van der Waals surface area contributed by atoms with Crippen molar-refractivity contribution >= 4 is 33.9 Å². The summed E-state index contributed by atoms with van der Waals surface area (Å²) in [5.74, 6) is -1.55. The van der Waals surface area contributed by atoms with E-state index < -0.39 is 17.5 Å². The molecule has 25 heavy (non-hydrogen) atoms. The summed E-state index contributed by atoms with van der Waals surface area (Å²) in [5, 5.41) is 1.47. The summed E-state index contributed by atoms with van der Waals surface area (Å²) in [6.45, 7) is 3.65. The molecule has 0 fully saturated rings. The average molecular weight is 338 g/mol. The van der Waals surface area contributed by atoms with Gasteiger partial charge in [0, 0.05) is 5.56 Å². The second kappa shape index (κ2) is 6.51. The Morgan fingerprint density at radius 1 is 1.04 bits per heavy atom. The van der Waals surface area contributed by atoms with Crippen LogP contribution in [0.3, 0.4) is 0 Å². The number of Topliss-reactive ketones (excluding diaryl/α,β-unsaturated/α-hetero) is 2. The molecule has 0 aromatic heterocycles. The topological polar surface area (TPSA) is 69.7 Å². The van der Waals surface area contributed by atoms with E-state index in [0.29, 0.717) is 34.3 Å². The van der Waals surface area contributed by atoms with Gasteiger partial charge in [-0.1, -0.05) is 19.1 Å². The molecule has 5 heteroatoms. The SMILES string of the molecule is CCOC(=O)C1=C(CC)c2ccc3cc(OC)ccc3c2C(=O)C1=O. The molecule has 0 saturated heterocycles. The maximum atomic E-state index is 12.7. The van der Waals surface area contributed by atoms with E-state index in [1.807, 2.05) is 19.1 Å². The van der Waals surface area contributed by atoms with E-state index in [1.54, 1.807) is 32.2 Å². The molecule has 0 radical (unpaired) electrons. The molecule has 1 aliphatic carbocycles. The Balaban J connectivity index is 2.32. The van der Waals surface area contributed by atoms with Gasteiger partial charge in [0.05, 0.1) is 13.7 Å². The summed E-state index contributed by atoms with van der Waals surface area (Å²) in [5.41, 5.74) is 1.37. The Morgan fingerprint density at radius 3 is 2.44 bits per heavy atom. The van der Waals surface area contributed by atoms with Crippen molar-refractivity contribution in [1.29, 1.82) is 0 Å². The molecule has 0 atom stereocenters. The number of fused-ring (bicyclic) bond motifs is 3. The second-order valence-electron chi connectivity index (χ2n) is 5.66. The molecule has 0 spiro atoms. The number of ketones is 2. The number of hydrogen-bond acceptors (Lipinski definition) is 5. The number of carbonyl (C=O) groups excluding carboxylic acids is 3. The van der Waals surface area contributed by atoms with E-state index in [4.69, 9.17) is 9.47 Å². The van der Waals surface area contributed by atoms with Gasteiger partial charge in [0.2, 0.25) is 11.6 Å². The fourth-order valence-corrected chi connectivity index (χ4v) is 3.22. The third kappa shape index (κ3) is 2.61. The van der Waals surface area contributed by atoms with Crippen molar-refractivity contribution in [2.45, 2.75) is 20.3 Å². The third-order valence-corrected chi connectivity index (χ3v) is 4.35. The Hall–Kier alpha value is -2.95. The predicted octanol–water partition coefficient (Wildman–Crippen LogP) is 3.34. The minimum atomic E-state index is -0.800. The van der Waals surface area contributed by atoms with Crippen molar-refractivity contribution in [3.63, 3.8) is 0 Å². The normalized spacial score (nSPS) is 13.9. The van der Waals surface area contributed by atoms with Crippen molar-refractivity contribution in [2.24, 2.45) is 0 Å². The summed E-state index contributed by atoms with van der Waals surface area (Å²) in [4.78, 5) is 37.6. The lowest BCUT2D eigenvalue weighted by Crippen LogP contribution is -2.29. The maximum Gasteiger partial charge on any atom is 0.342 e. The van der Waals surface area contributed by atoms with Crippen LogP contribution in [0.15, 0.2) is 35.9 Å². The Labute approximate surface area is 145 Å². The summed E-state index contributed by atoms with van der Waals surface area (Å²) in [6.07, 6.45) is 0.446. The van der Waals surface area contributed by atoms with Gasteiger partial charge in [0.15, 0.2) is 0 Å². The zero-order chi connectivity index (χ0) is 18.1. The van der Waals surface area contributed by atoms with Crippen LogP contribution in [0.2, 0.25) is 0 Å². The van der Waals surface area contributed by atoms with E-state index >= 15 is 0 Å². The summed E-state index contributed by atoms with van der Waals surface area (Å²) in [7, 11) is 1.57. The van der Waals surface area contributed by atoms with Crippen LogP contribution in [-0.2, 0) is 14.3 Å². The van der Waals surface area contributed by atoms with Crippen molar-refractivity contribution in [3.05, 3.63) is 47.0 Å². The lowest BCUT2D eigenvalue weighted by atomic mass is 9.80. The molecular weight excluding hydrogens is 320 g/mol. The molecule has 0 amide bonds. The van der Waals surface area contributed by atoms with Crippen LogP contribution >= 0.6 is 0 Å². The van der Waals surface area contributed by atoms with Crippen LogP contribution in [-0.4, -0.2) is 31.3 Å². The van der Waals surface area contributed by atoms with Gasteiger partial charge in [-0.05, 0) is 53.5 Å². The predicted molar refractivity (Wildman–Crippen MR) is 93.7 cm³/mol. The standard InChI is InChI=1S/C20H18O5/c1-4-13-15-8-6-11-10-12(24-3)7-9-14(11)16(15)18(21)19(22)17(13)20(23)25-5-2/h6-10H,4-5H2,1-3H3. The average Bonchev–Trinajstić information content (AvgIpc) is 2.63. The van der Waals surface area contributed by atoms with E-state index in [1.165, 1.54) is 0 Å². The zero-order valence-corrected chi connectivity index (χ0v) is 14.3. The fraction of sp³-hybridized carbons (Fsp3) is 0.250. The molecule has 0 aliphatic heterocycles. The molecule has 2 aromatic rings. The van der Waals surface area contributed by atoms with Crippen LogP contribution in [0.4, 0.5) is 0 Å². The summed E-state index contributed by atoms with van der Waals surface area (Å²) in [6, 6.07) is 8.96. The van der Waals surface area contributed by atoms with Crippen molar-refractivity contribution in [2.75, 3.05) is 13.7 Å². The lowest BCUT2D eigenvalue weighted by molar-refractivity contribution is -0.139. The number of allylic oxidation sites excluding steroid dienone is 1. The third-order valence-electron chi connectivity index (χ3n) is 4.35. The van der Waals surface area contributed by atoms with E-state index in [0.717, 1.165) is 5.39 Å². The highest BCUT2D eigenvalue weighted by Crippen LogP contribution is 2.37. The highest BCUT2D eigenvalue weighted by Gasteiger charge is 2.37. The zero-order valence-electron chi connectivity index (χ0n) is 14.3. The summed E-state index contributed by atoms with van der Waals surface area (Å²) >= 11 is 0. The molecule has 0 saturated carbocycles. The molecule has 1 aliphatic rings. The molecule has 0 unspecified atom stereocenters. The molecule has 5 nitrogen and oxygen atoms in total. The number of esters is 1. The number of benzene rings is 2. The molecule has 0 bridgehead atoms. The van der Waals surface area contributed by atoms with Crippen LogP contribution < -0.4 is 4.74 Å². The molecule has 3 rings (SSSR count). The van der Waals surface area contributed by atoms with Gasteiger partial charge in [-0.2, -0.15) is 0 Å². The molecule has 128 valence electrons. The number of ether oxygens (including phenoxy) is 2. The van der Waals surface area contributed by atoms with E-state index in [9.17, 15) is 14.4 Å². The number of methoxy groups -OCH3 is 1. The van der Waals surface area contributed by atoms with Crippen molar-refractivity contribution < 1.29 is 23.9 Å². The largest absolute Gasteiger partial charge is 0.497 e. The van der Waals surface area contributed by atoms with Gasteiger partial charge < -0.3 is 9.47 Å². The smallest absolute Gasteiger partial charge is 0.342 e. The number of carbonyl (C=O) groups is 3. The highest BCUT2D eigenvalue weighted by molar-refractivity contribution is 6.58. The van der Waals surface area contributed by atoms with Gasteiger partial charge in [-0.25, -0.2) is 4.79 Å². The molecule has 0 heterocycles. The first-order chi connectivity index (χ1) is 12.0. The fourth-order valence-electron chi connectivity index (χ4n) is 3.22. The van der Waals surface area contributed by atoms with Gasteiger partial charge in [0.25, 0.3) is 0 Å². The minimum absolute atomic E-state index is 0.144. The Morgan fingerprint density at radius 2 is 1.80 bits per heavy atom. The van der Waals surface area contributed by atoms with Crippen LogP contribution in [0, 0.1) is 0 Å². The summed E-state index contributed by atoms with van der Waals surface area (Å²) < 4.78 is 10.2. The van der Waals surface area contributed by atoms with Gasteiger partial charge in [-0.3, -0.25) is 9.59 Å². The highest BCUT2D eigenvalue weighted by atomic mass is 16.5. The van der Waals surface area contributed by atoms with E-state index in [-0.39, 0.29) is 12.2 Å². The molecular formula is C20H18O5. The monoisotopic (exact) mass is 338 g/mol. The second-order valence-corrected chi connectivity index (χ2v) is 5.66. The number of rotatable bonds is 4. The van der Waals surface area contributed by atoms with Crippen LogP contribution in [0.1, 0.15) is 36.2 Å². The van der Waals surface area contributed by atoms with E-state index in [2.05, 4.69) is 0 Å². The van der Waals surface area contributed by atoms with Crippen LogP contribution in [0.5, 0.6) is 5.75 Å². The molecule has 2 aromatic carbocycles. The first-order valence-corrected chi connectivity index (χ1v) is 8.13. The van der Waals surface area contributed by atoms with Gasteiger partial charge >= 0.3 is 5.97 Å². The first kappa shape index (κ1) is 16.9. The Kier molecular flexibility index (Phi) is 4.40. The van der Waals surface area contributed by atoms with Gasteiger partial charge in [-0.15, -0.1) is 0 Å². The van der Waals surface area contributed by atoms with Gasteiger partial charge in [0.1, 0.15) is 11.3 Å². The van der Waals surface area contributed by atoms with Crippen molar-refractivity contribution in [1.82, 2.24) is 0 Å². The number of hydrogen-bond donors (Lipinski definition) is 0. The Bertz CT molecular complexity index is 936. The molecule has 0 N–H and O–H groups in total. The minimum Gasteiger partial charge on any atom is -0.497 e. The van der Waals surface area contributed by atoms with Crippen LogP contribution in [0.25, 0.3) is 16.3 Å². The van der Waals surface area contributed by atoms with Crippen molar-refractivity contribution in [3.8, 4) is 5.75 Å². The first-order valence-electron chi connectivity index (χ1n) is 8.13. The quantitative estimate of drug-likeness (QED) is 0.486. The maximum absolute atomic E-state index is 12.7.